The summed E-state index contributed by atoms with van der Waals surface area (Å²) in [6.45, 7) is 0. The van der Waals surface area contributed by atoms with Gasteiger partial charge in [0.25, 0.3) is 0 Å². The Morgan fingerprint density at radius 3 is 2.06 bits per heavy atom. The lowest BCUT2D eigenvalue weighted by atomic mass is 10.1. The molecule has 3 rings (SSSR count). The molecule has 0 aliphatic carbocycles. The van der Waals surface area contributed by atoms with Gasteiger partial charge in [0.05, 0.1) is 6.34 Å². The van der Waals surface area contributed by atoms with Crippen LogP contribution in [0.3, 0.4) is 0 Å². The zero-order valence-electron chi connectivity index (χ0n) is 9.95. The predicted molar refractivity (Wildman–Crippen MR) is 73.1 cm³/mol. The molecule has 2 atom stereocenters. The Morgan fingerprint density at radius 2 is 1.39 bits per heavy atom. The number of hydrogen-bond donors (Lipinski definition) is 2. The van der Waals surface area contributed by atoms with Gasteiger partial charge in [-0.15, -0.1) is 0 Å². The second kappa shape index (κ2) is 5.02. The van der Waals surface area contributed by atoms with Gasteiger partial charge in [0, 0.05) is 0 Å². The summed E-state index contributed by atoms with van der Waals surface area (Å²) >= 11 is 0. The molecular weight excluding hydrogens is 222 g/mol. The molecule has 0 fully saturated rings. The van der Waals surface area contributed by atoms with Crippen molar-refractivity contribution in [1.29, 1.82) is 0 Å². The van der Waals surface area contributed by atoms with Crippen molar-refractivity contribution in [2.75, 3.05) is 0 Å². The molecule has 0 aromatic heterocycles. The minimum absolute atomic E-state index is 0.0117. The molecule has 2 unspecified atom stereocenters. The molecule has 18 heavy (non-hydrogen) atoms. The van der Waals surface area contributed by atoms with Crippen LogP contribution in [0.15, 0.2) is 65.7 Å². The van der Waals surface area contributed by atoms with E-state index in [1.165, 1.54) is 11.1 Å². The van der Waals surface area contributed by atoms with Crippen LogP contribution in [0.5, 0.6) is 0 Å². The monoisotopic (exact) mass is 237 g/mol. The Bertz CT molecular complexity index is 522. The summed E-state index contributed by atoms with van der Waals surface area (Å²) in [5, 5.41) is 6.71. The summed E-state index contributed by atoms with van der Waals surface area (Å²) in [7, 11) is 0. The summed E-state index contributed by atoms with van der Waals surface area (Å²) in [4.78, 5) is 4.43. The number of rotatable bonds is 2. The Hall–Kier alpha value is -2.13. The highest BCUT2D eigenvalue weighted by molar-refractivity contribution is 5.57. The average Bonchev–Trinajstić information content (AvgIpc) is 2.49. The summed E-state index contributed by atoms with van der Waals surface area (Å²) < 4.78 is 0. The van der Waals surface area contributed by atoms with Gasteiger partial charge in [-0.05, 0) is 11.1 Å². The van der Waals surface area contributed by atoms with Crippen LogP contribution in [-0.4, -0.2) is 6.34 Å². The summed E-state index contributed by atoms with van der Waals surface area (Å²) in [6.07, 6.45) is 1.90. The first-order valence-corrected chi connectivity index (χ1v) is 6.07. The quantitative estimate of drug-likeness (QED) is 0.842. The van der Waals surface area contributed by atoms with Gasteiger partial charge < -0.3 is 5.32 Å². The molecule has 0 saturated carbocycles. The van der Waals surface area contributed by atoms with Gasteiger partial charge >= 0.3 is 0 Å². The second-order valence-corrected chi connectivity index (χ2v) is 4.27. The van der Waals surface area contributed by atoms with Gasteiger partial charge in [0.1, 0.15) is 12.3 Å². The molecular formula is C15H15N3. The molecule has 1 heterocycles. The van der Waals surface area contributed by atoms with Crippen LogP contribution in [0.2, 0.25) is 0 Å². The second-order valence-electron chi connectivity index (χ2n) is 4.27. The summed E-state index contributed by atoms with van der Waals surface area (Å²) in [5.41, 5.74) is 2.39. The van der Waals surface area contributed by atoms with Crippen LogP contribution in [0, 0.1) is 0 Å². The van der Waals surface area contributed by atoms with E-state index in [0.717, 1.165) is 0 Å². The van der Waals surface area contributed by atoms with Gasteiger partial charge in [-0.25, -0.2) is 0 Å². The highest BCUT2D eigenvalue weighted by atomic mass is 15.3. The van der Waals surface area contributed by atoms with Gasteiger partial charge in [0.15, 0.2) is 0 Å². The Kier molecular flexibility index (Phi) is 3.07. The molecule has 2 N–H and O–H groups in total. The van der Waals surface area contributed by atoms with E-state index in [2.05, 4.69) is 39.9 Å². The molecule has 0 spiro atoms. The maximum absolute atomic E-state index is 4.43. The Balaban J connectivity index is 1.81. The van der Waals surface area contributed by atoms with Crippen molar-refractivity contribution >= 4 is 6.34 Å². The lowest BCUT2D eigenvalue weighted by Gasteiger charge is -2.28. The Morgan fingerprint density at radius 1 is 0.778 bits per heavy atom. The van der Waals surface area contributed by atoms with Crippen molar-refractivity contribution < 1.29 is 0 Å². The van der Waals surface area contributed by atoms with Crippen LogP contribution in [0.1, 0.15) is 23.5 Å². The smallest absolute Gasteiger partial charge is 0.129 e. The number of benzene rings is 2. The first kappa shape index (κ1) is 11.0. The molecule has 0 amide bonds. The third kappa shape index (κ3) is 2.26. The van der Waals surface area contributed by atoms with Crippen LogP contribution < -0.4 is 10.6 Å². The minimum Gasteiger partial charge on any atom is -0.357 e. The van der Waals surface area contributed by atoms with Gasteiger partial charge in [-0.1, -0.05) is 60.7 Å². The molecule has 2 aromatic rings. The molecule has 1 aliphatic heterocycles. The number of hydrogen-bond acceptors (Lipinski definition) is 3. The normalized spacial score (nSPS) is 22.4. The van der Waals surface area contributed by atoms with E-state index in [9.17, 15) is 0 Å². The van der Waals surface area contributed by atoms with Crippen LogP contribution in [-0.2, 0) is 0 Å². The van der Waals surface area contributed by atoms with Crippen molar-refractivity contribution in [2.24, 2.45) is 4.99 Å². The summed E-state index contributed by atoms with van der Waals surface area (Å²) in [5.74, 6) is 0. The number of nitrogens with one attached hydrogen (secondary N) is 2. The fourth-order valence-corrected chi connectivity index (χ4v) is 2.10. The first-order valence-electron chi connectivity index (χ1n) is 6.07. The topological polar surface area (TPSA) is 36.4 Å². The predicted octanol–water partition coefficient (Wildman–Crippen LogP) is 2.61. The van der Waals surface area contributed by atoms with E-state index in [1.807, 2.05) is 36.4 Å². The molecule has 90 valence electrons. The van der Waals surface area contributed by atoms with Crippen molar-refractivity contribution in [1.82, 2.24) is 10.6 Å². The molecule has 3 heteroatoms. The third-order valence-corrected chi connectivity index (χ3v) is 3.04. The lowest BCUT2D eigenvalue weighted by molar-refractivity contribution is 0.414. The molecule has 0 bridgehead atoms. The summed E-state index contributed by atoms with van der Waals surface area (Å²) in [6, 6.07) is 20.6. The van der Waals surface area contributed by atoms with Crippen LogP contribution in [0.25, 0.3) is 0 Å². The van der Waals surface area contributed by atoms with E-state index in [4.69, 9.17) is 0 Å². The van der Waals surface area contributed by atoms with Crippen molar-refractivity contribution in [3.63, 3.8) is 0 Å². The van der Waals surface area contributed by atoms with E-state index in [-0.39, 0.29) is 12.3 Å². The molecule has 2 aromatic carbocycles. The maximum atomic E-state index is 4.43. The fourth-order valence-electron chi connectivity index (χ4n) is 2.10. The standard InChI is InChI=1S/C15H15N3/c1-3-7-12(8-4-1)14-16-11-17-15(18-14)13-9-5-2-6-10-13/h1-11,14-15,18H,(H,16,17). The van der Waals surface area contributed by atoms with E-state index in [0.29, 0.717) is 0 Å². The average molecular weight is 237 g/mol. The highest BCUT2D eigenvalue weighted by Crippen LogP contribution is 2.21. The van der Waals surface area contributed by atoms with Crippen molar-refractivity contribution in [2.45, 2.75) is 12.3 Å². The fraction of sp³-hybridized carbons (Fsp3) is 0.133. The first-order chi connectivity index (χ1) is 8.93. The molecule has 0 saturated heterocycles. The molecule has 1 aliphatic rings. The van der Waals surface area contributed by atoms with Crippen molar-refractivity contribution in [3.05, 3.63) is 71.8 Å². The lowest BCUT2D eigenvalue weighted by Crippen LogP contribution is -2.39. The highest BCUT2D eigenvalue weighted by Gasteiger charge is 2.19. The molecule has 0 radical (unpaired) electrons. The van der Waals surface area contributed by atoms with Gasteiger partial charge in [0.2, 0.25) is 0 Å². The van der Waals surface area contributed by atoms with E-state index < -0.39 is 0 Å². The van der Waals surface area contributed by atoms with Gasteiger partial charge in [-0.2, -0.15) is 0 Å². The van der Waals surface area contributed by atoms with Crippen LogP contribution in [0.4, 0.5) is 0 Å². The SMILES string of the molecule is C1=NC(c2ccccc2)NC(c2ccccc2)N1. The minimum atomic E-state index is 0.0117. The van der Waals surface area contributed by atoms with Gasteiger partial charge in [-0.3, -0.25) is 10.3 Å². The number of nitrogens with zero attached hydrogens (tertiary/aromatic N) is 1. The zero-order chi connectivity index (χ0) is 12.2. The van der Waals surface area contributed by atoms with E-state index >= 15 is 0 Å². The zero-order valence-corrected chi connectivity index (χ0v) is 9.95. The van der Waals surface area contributed by atoms with E-state index in [1.54, 1.807) is 6.34 Å². The Labute approximate surface area is 107 Å². The maximum Gasteiger partial charge on any atom is 0.129 e. The largest absolute Gasteiger partial charge is 0.357 e. The molecule has 3 nitrogen and oxygen atoms in total. The number of aliphatic imine (C=N–C) groups is 1. The third-order valence-electron chi connectivity index (χ3n) is 3.04. The van der Waals surface area contributed by atoms with Crippen LogP contribution >= 0.6 is 0 Å². The van der Waals surface area contributed by atoms with Crippen molar-refractivity contribution in [3.8, 4) is 0 Å².